The molecule has 0 N–H and O–H groups in total. The van der Waals surface area contributed by atoms with Crippen LogP contribution in [0.3, 0.4) is 0 Å². The molecule has 0 aliphatic heterocycles. The first kappa shape index (κ1) is 13.7. The number of ketones is 1. The molecule has 0 aliphatic rings. The minimum atomic E-state index is -0.419. The standard InChI is InChI=1S/C14H14ClFN2O/c1-8-14(9(2)18(3)17-8)13(19)7-10-6-11(15)4-5-12(10)16/h4-6H,7H2,1-3H3. The Morgan fingerprint density at radius 1 is 1.42 bits per heavy atom. The molecule has 0 atom stereocenters. The van der Waals surface area contributed by atoms with Gasteiger partial charge in [0.05, 0.1) is 11.3 Å². The van der Waals surface area contributed by atoms with Crippen molar-refractivity contribution in [1.82, 2.24) is 9.78 Å². The lowest BCUT2D eigenvalue weighted by Gasteiger charge is -2.04. The summed E-state index contributed by atoms with van der Waals surface area (Å²) < 4.78 is 15.3. The van der Waals surface area contributed by atoms with Gasteiger partial charge in [-0.2, -0.15) is 5.10 Å². The van der Waals surface area contributed by atoms with E-state index in [9.17, 15) is 9.18 Å². The minimum Gasteiger partial charge on any atom is -0.294 e. The van der Waals surface area contributed by atoms with Crippen LogP contribution in [0.15, 0.2) is 18.2 Å². The number of carbonyl (C=O) groups excluding carboxylic acids is 1. The van der Waals surface area contributed by atoms with Gasteiger partial charge >= 0.3 is 0 Å². The molecule has 2 aromatic rings. The number of hydrogen-bond donors (Lipinski definition) is 0. The second-order valence-electron chi connectivity index (χ2n) is 4.51. The predicted molar refractivity (Wildman–Crippen MR) is 72.1 cm³/mol. The molecule has 2 rings (SSSR count). The van der Waals surface area contributed by atoms with Crippen LogP contribution >= 0.6 is 11.6 Å². The molecule has 0 amide bonds. The van der Waals surface area contributed by atoms with Crippen LogP contribution in [0.5, 0.6) is 0 Å². The summed E-state index contributed by atoms with van der Waals surface area (Å²) >= 11 is 5.82. The van der Waals surface area contributed by atoms with Crippen LogP contribution in [0.25, 0.3) is 0 Å². The molecule has 0 aliphatic carbocycles. The summed E-state index contributed by atoms with van der Waals surface area (Å²) in [7, 11) is 1.78. The van der Waals surface area contributed by atoms with Gasteiger partial charge in [-0.25, -0.2) is 4.39 Å². The van der Waals surface area contributed by atoms with Gasteiger partial charge < -0.3 is 0 Å². The molecule has 0 unspecified atom stereocenters. The Bertz CT molecular complexity index is 649. The van der Waals surface area contributed by atoms with Gasteiger partial charge in [-0.1, -0.05) is 11.6 Å². The molecule has 0 spiro atoms. The normalized spacial score (nSPS) is 10.8. The Hall–Kier alpha value is -1.68. The van der Waals surface area contributed by atoms with Gasteiger partial charge in [-0.15, -0.1) is 0 Å². The number of nitrogens with zero attached hydrogens (tertiary/aromatic N) is 2. The van der Waals surface area contributed by atoms with Gasteiger partial charge in [0.1, 0.15) is 5.82 Å². The molecule has 0 bridgehead atoms. The van der Waals surface area contributed by atoms with Gasteiger partial charge in [-0.3, -0.25) is 9.48 Å². The van der Waals surface area contributed by atoms with Crippen molar-refractivity contribution < 1.29 is 9.18 Å². The van der Waals surface area contributed by atoms with E-state index in [1.807, 2.05) is 6.92 Å². The fourth-order valence-corrected chi connectivity index (χ4v) is 2.31. The lowest BCUT2D eigenvalue weighted by molar-refractivity contribution is 0.0990. The SMILES string of the molecule is Cc1nn(C)c(C)c1C(=O)Cc1cc(Cl)ccc1F. The van der Waals surface area contributed by atoms with Gasteiger partial charge in [0.25, 0.3) is 0 Å². The van der Waals surface area contributed by atoms with Crippen LogP contribution in [0.2, 0.25) is 5.02 Å². The van der Waals surface area contributed by atoms with Gasteiger partial charge in [0, 0.05) is 24.2 Å². The molecule has 1 aromatic carbocycles. The second-order valence-corrected chi connectivity index (χ2v) is 4.94. The summed E-state index contributed by atoms with van der Waals surface area (Å²) in [6.07, 6.45) is -0.0141. The predicted octanol–water partition coefficient (Wildman–Crippen LogP) is 3.25. The molecule has 0 saturated carbocycles. The molecular weight excluding hydrogens is 267 g/mol. The number of aromatic nitrogens is 2. The molecule has 100 valence electrons. The monoisotopic (exact) mass is 280 g/mol. The Morgan fingerprint density at radius 2 is 2.11 bits per heavy atom. The average molecular weight is 281 g/mol. The third kappa shape index (κ3) is 2.68. The van der Waals surface area contributed by atoms with Crippen molar-refractivity contribution in [3.63, 3.8) is 0 Å². The van der Waals surface area contributed by atoms with Crippen LogP contribution in [0.1, 0.15) is 27.3 Å². The highest BCUT2D eigenvalue weighted by atomic mass is 35.5. The number of halogens is 2. The number of rotatable bonds is 3. The summed E-state index contributed by atoms with van der Waals surface area (Å²) in [6.45, 7) is 3.59. The van der Waals surface area contributed by atoms with E-state index in [-0.39, 0.29) is 12.2 Å². The number of benzene rings is 1. The molecular formula is C14H14ClFN2O. The van der Waals surface area contributed by atoms with Gasteiger partial charge in [-0.05, 0) is 37.6 Å². The van der Waals surface area contributed by atoms with Crippen LogP contribution in [0.4, 0.5) is 4.39 Å². The highest BCUT2D eigenvalue weighted by Crippen LogP contribution is 2.19. The minimum absolute atomic E-state index is 0.0141. The first-order chi connectivity index (χ1) is 8.90. The van der Waals surface area contributed by atoms with Crippen molar-refractivity contribution >= 4 is 17.4 Å². The van der Waals surface area contributed by atoms with Gasteiger partial charge in [0.2, 0.25) is 0 Å². The molecule has 5 heteroatoms. The zero-order valence-corrected chi connectivity index (χ0v) is 11.8. The zero-order chi connectivity index (χ0) is 14.2. The van der Waals surface area contributed by atoms with Crippen molar-refractivity contribution in [3.05, 3.63) is 51.6 Å². The van der Waals surface area contributed by atoms with Gasteiger partial charge in [0.15, 0.2) is 5.78 Å². The maximum absolute atomic E-state index is 13.6. The summed E-state index contributed by atoms with van der Waals surface area (Å²) in [5.74, 6) is -0.568. The Morgan fingerprint density at radius 3 is 2.68 bits per heavy atom. The van der Waals surface area contributed by atoms with E-state index < -0.39 is 5.82 Å². The molecule has 1 aromatic heterocycles. The highest BCUT2D eigenvalue weighted by Gasteiger charge is 2.18. The molecule has 19 heavy (non-hydrogen) atoms. The molecule has 0 radical (unpaired) electrons. The molecule has 1 heterocycles. The number of hydrogen-bond acceptors (Lipinski definition) is 2. The topological polar surface area (TPSA) is 34.9 Å². The van der Waals surface area contributed by atoms with E-state index in [1.165, 1.54) is 18.2 Å². The second kappa shape index (κ2) is 5.13. The number of aryl methyl sites for hydroxylation is 2. The summed E-state index contributed by atoms with van der Waals surface area (Å²) in [5.41, 5.74) is 2.31. The molecule has 3 nitrogen and oxygen atoms in total. The Labute approximate surface area is 116 Å². The van der Waals surface area contributed by atoms with Crippen molar-refractivity contribution in [2.24, 2.45) is 7.05 Å². The lowest BCUT2D eigenvalue weighted by Crippen LogP contribution is -2.08. The van der Waals surface area contributed by atoms with Crippen molar-refractivity contribution in [2.75, 3.05) is 0 Å². The fourth-order valence-electron chi connectivity index (χ4n) is 2.12. The smallest absolute Gasteiger partial charge is 0.171 e. The quantitative estimate of drug-likeness (QED) is 0.809. The third-order valence-corrected chi connectivity index (χ3v) is 3.38. The summed E-state index contributed by atoms with van der Waals surface area (Å²) in [5, 5.41) is 4.61. The average Bonchev–Trinajstić information content (AvgIpc) is 2.58. The first-order valence-corrected chi connectivity index (χ1v) is 6.25. The Balaban J connectivity index is 2.33. The number of carbonyl (C=O) groups is 1. The number of Topliss-reactive ketones (excluding diaryl/α,β-unsaturated/α-hetero) is 1. The van der Waals surface area contributed by atoms with Crippen molar-refractivity contribution in [1.29, 1.82) is 0 Å². The van der Waals surface area contributed by atoms with E-state index in [4.69, 9.17) is 11.6 Å². The lowest BCUT2D eigenvalue weighted by atomic mass is 10.0. The largest absolute Gasteiger partial charge is 0.294 e. The van der Waals surface area contributed by atoms with Crippen LogP contribution in [-0.2, 0) is 13.5 Å². The van der Waals surface area contributed by atoms with Crippen LogP contribution in [0, 0.1) is 19.7 Å². The Kier molecular flexibility index (Phi) is 3.71. The van der Waals surface area contributed by atoms with E-state index in [0.717, 1.165) is 5.69 Å². The van der Waals surface area contributed by atoms with E-state index in [0.29, 0.717) is 21.8 Å². The third-order valence-electron chi connectivity index (χ3n) is 3.15. The maximum Gasteiger partial charge on any atom is 0.171 e. The molecule has 0 saturated heterocycles. The van der Waals surface area contributed by atoms with Crippen molar-refractivity contribution in [2.45, 2.75) is 20.3 Å². The van der Waals surface area contributed by atoms with Crippen LogP contribution in [-0.4, -0.2) is 15.6 Å². The van der Waals surface area contributed by atoms with E-state index in [2.05, 4.69) is 5.10 Å². The summed E-state index contributed by atoms with van der Waals surface area (Å²) in [6, 6.07) is 4.22. The maximum atomic E-state index is 13.6. The fraction of sp³-hybridized carbons (Fsp3) is 0.286. The first-order valence-electron chi connectivity index (χ1n) is 5.87. The zero-order valence-electron chi connectivity index (χ0n) is 11.0. The highest BCUT2D eigenvalue weighted by molar-refractivity contribution is 6.30. The summed E-state index contributed by atoms with van der Waals surface area (Å²) in [4.78, 5) is 12.3. The van der Waals surface area contributed by atoms with E-state index in [1.54, 1.807) is 18.7 Å². The van der Waals surface area contributed by atoms with Crippen LogP contribution < -0.4 is 0 Å². The van der Waals surface area contributed by atoms with Crippen molar-refractivity contribution in [3.8, 4) is 0 Å². The molecule has 0 fully saturated rings. The van der Waals surface area contributed by atoms with E-state index >= 15 is 0 Å².